The van der Waals surface area contributed by atoms with Gasteiger partial charge in [0, 0.05) is 24.6 Å². The summed E-state index contributed by atoms with van der Waals surface area (Å²) in [4.78, 5) is 32.6. The molecule has 1 aromatic rings. The van der Waals surface area contributed by atoms with Gasteiger partial charge in [0.2, 0.25) is 0 Å². The number of carbonyl (C=O) groups excluding carboxylic acids is 2. The lowest BCUT2D eigenvalue weighted by atomic mass is 10.1. The van der Waals surface area contributed by atoms with E-state index < -0.39 is 10.8 Å². The van der Waals surface area contributed by atoms with Gasteiger partial charge in [-0.3, -0.25) is 19.7 Å². The van der Waals surface area contributed by atoms with E-state index in [4.69, 9.17) is 4.74 Å². The van der Waals surface area contributed by atoms with Gasteiger partial charge in [0.1, 0.15) is 5.78 Å². The quantitative estimate of drug-likeness (QED) is 0.618. The largest absolute Gasteiger partial charge is 0.490 e. The molecular formula is C12H14N2O5. The number of nitrogens with one attached hydrogen (secondary N) is 1. The Morgan fingerprint density at radius 1 is 1.42 bits per heavy atom. The minimum Gasteiger partial charge on any atom is -0.490 e. The number of amides is 1. The fraction of sp³-hybridized carbons (Fsp3) is 0.333. The van der Waals surface area contributed by atoms with Crippen molar-refractivity contribution in [3.8, 4) is 5.75 Å². The van der Waals surface area contributed by atoms with E-state index in [0.717, 1.165) is 6.07 Å². The third-order valence-electron chi connectivity index (χ3n) is 2.40. The summed E-state index contributed by atoms with van der Waals surface area (Å²) in [7, 11) is 1.31. The molecule has 7 heteroatoms. The van der Waals surface area contributed by atoms with Crippen molar-refractivity contribution in [2.24, 2.45) is 0 Å². The number of ether oxygens (including phenoxy) is 1. The van der Waals surface area contributed by atoms with Gasteiger partial charge in [-0.05, 0) is 19.1 Å². The number of methoxy groups -OCH3 is 1. The number of carbonyl (C=O) groups is 2. The predicted molar refractivity (Wildman–Crippen MR) is 67.3 cm³/mol. The van der Waals surface area contributed by atoms with Crippen molar-refractivity contribution < 1.29 is 19.2 Å². The highest BCUT2D eigenvalue weighted by molar-refractivity contribution is 5.95. The summed E-state index contributed by atoms with van der Waals surface area (Å²) in [5.74, 6) is -0.418. The van der Waals surface area contributed by atoms with Crippen LogP contribution >= 0.6 is 0 Å². The summed E-state index contributed by atoms with van der Waals surface area (Å²) in [5.41, 5.74) is -0.127. The van der Waals surface area contributed by atoms with Crippen molar-refractivity contribution in [2.75, 3.05) is 13.7 Å². The lowest BCUT2D eigenvalue weighted by molar-refractivity contribution is -0.385. The van der Waals surface area contributed by atoms with Gasteiger partial charge in [0.25, 0.3) is 5.91 Å². The smallest absolute Gasteiger partial charge is 0.311 e. The molecule has 0 unspecified atom stereocenters. The predicted octanol–water partition coefficient (Wildman–Crippen LogP) is 1.31. The molecule has 0 aliphatic rings. The number of nitro benzene ring substituents is 1. The Labute approximate surface area is 109 Å². The molecule has 102 valence electrons. The molecule has 0 aliphatic carbocycles. The Bertz CT molecular complexity index is 513. The summed E-state index contributed by atoms with van der Waals surface area (Å²) in [6.07, 6.45) is 0.226. The van der Waals surface area contributed by atoms with Crippen LogP contribution in [0.25, 0.3) is 0 Å². The molecule has 19 heavy (non-hydrogen) atoms. The van der Waals surface area contributed by atoms with Gasteiger partial charge in [-0.2, -0.15) is 0 Å². The van der Waals surface area contributed by atoms with Gasteiger partial charge < -0.3 is 10.1 Å². The van der Waals surface area contributed by atoms with E-state index in [1.165, 1.54) is 26.2 Å². The highest BCUT2D eigenvalue weighted by Crippen LogP contribution is 2.27. The Morgan fingerprint density at radius 2 is 2.11 bits per heavy atom. The fourth-order valence-electron chi connectivity index (χ4n) is 1.43. The molecule has 0 heterocycles. The first kappa shape index (κ1) is 14.6. The van der Waals surface area contributed by atoms with E-state index in [0.29, 0.717) is 0 Å². The minimum absolute atomic E-state index is 0.0407. The summed E-state index contributed by atoms with van der Waals surface area (Å²) < 4.78 is 4.84. The highest BCUT2D eigenvalue weighted by atomic mass is 16.6. The van der Waals surface area contributed by atoms with Crippen molar-refractivity contribution in [2.45, 2.75) is 13.3 Å². The second kappa shape index (κ2) is 6.48. The number of hydrogen-bond acceptors (Lipinski definition) is 5. The topological polar surface area (TPSA) is 98.5 Å². The molecule has 0 fully saturated rings. The normalized spacial score (nSPS) is 9.79. The zero-order chi connectivity index (χ0) is 14.4. The summed E-state index contributed by atoms with van der Waals surface area (Å²) in [5, 5.41) is 13.3. The first-order chi connectivity index (χ1) is 8.95. The van der Waals surface area contributed by atoms with Crippen LogP contribution in [-0.2, 0) is 4.79 Å². The van der Waals surface area contributed by atoms with E-state index in [9.17, 15) is 19.7 Å². The maximum absolute atomic E-state index is 11.7. The van der Waals surface area contributed by atoms with Crippen molar-refractivity contribution in [1.82, 2.24) is 5.32 Å². The molecule has 1 N–H and O–H groups in total. The Kier molecular flexibility index (Phi) is 4.99. The zero-order valence-corrected chi connectivity index (χ0v) is 10.6. The van der Waals surface area contributed by atoms with Crippen LogP contribution in [0, 0.1) is 10.1 Å². The third-order valence-corrected chi connectivity index (χ3v) is 2.40. The van der Waals surface area contributed by atoms with Crippen LogP contribution in [-0.4, -0.2) is 30.3 Å². The van der Waals surface area contributed by atoms with Crippen molar-refractivity contribution in [3.05, 3.63) is 33.9 Å². The second-order valence-electron chi connectivity index (χ2n) is 3.85. The monoisotopic (exact) mass is 266 g/mol. The van der Waals surface area contributed by atoms with Gasteiger partial charge >= 0.3 is 5.69 Å². The minimum atomic E-state index is -0.620. The molecule has 0 aromatic heterocycles. The Morgan fingerprint density at radius 3 is 2.63 bits per heavy atom. The van der Waals surface area contributed by atoms with Gasteiger partial charge in [-0.25, -0.2) is 0 Å². The third kappa shape index (κ3) is 4.06. The Hall–Kier alpha value is -2.44. The first-order valence-corrected chi connectivity index (χ1v) is 5.55. The molecule has 0 saturated heterocycles. The highest BCUT2D eigenvalue weighted by Gasteiger charge is 2.17. The van der Waals surface area contributed by atoms with Crippen molar-refractivity contribution in [3.63, 3.8) is 0 Å². The molecule has 0 atom stereocenters. The lowest BCUT2D eigenvalue weighted by Gasteiger charge is -2.06. The number of nitrogens with zero attached hydrogens (tertiary/aromatic N) is 1. The molecule has 0 bridgehead atoms. The number of benzene rings is 1. The number of ketones is 1. The molecule has 0 radical (unpaired) electrons. The zero-order valence-electron chi connectivity index (χ0n) is 10.6. The average Bonchev–Trinajstić information content (AvgIpc) is 2.37. The van der Waals surface area contributed by atoms with Crippen molar-refractivity contribution in [1.29, 1.82) is 0 Å². The summed E-state index contributed by atoms with van der Waals surface area (Å²) in [6.45, 7) is 1.62. The molecule has 1 aromatic carbocycles. The van der Waals surface area contributed by atoms with Crippen LogP contribution in [0.15, 0.2) is 18.2 Å². The van der Waals surface area contributed by atoms with Gasteiger partial charge in [0.15, 0.2) is 5.75 Å². The van der Waals surface area contributed by atoms with Crippen LogP contribution in [0.3, 0.4) is 0 Å². The SMILES string of the molecule is COc1ccc(C(=O)NCCC(C)=O)cc1[N+](=O)[O-]. The van der Waals surface area contributed by atoms with E-state index in [1.807, 2.05) is 0 Å². The maximum Gasteiger partial charge on any atom is 0.311 e. The molecule has 7 nitrogen and oxygen atoms in total. The van der Waals surface area contributed by atoms with Crippen LogP contribution in [0.1, 0.15) is 23.7 Å². The summed E-state index contributed by atoms with van der Waals surface area (Å²) >= 11 is 0. The van der Waals surface area contributed by atoms with Crippen LogP contribution in [0.4, 0.5) is 5.69 Å². The number of hydrogen-bond donors (Lipinski definition) is 1. The molecular weight excluding hydrogens is 252 g/mol. The van der Waals surface area contributed by atoms with Crippen LogP contribution in [0.5, 0.6) is 5.75 Å². The van der Waals surface area contributed by atoms with Gasteiger partial charge in [0.05, 0.1) is 12.0 Å². The molecule has 0 spiro atoms. The molecule has 0 aliphatic heterocycles. The van der Waals surface area contributed by atoms with Gasteiger partial charge in [-0.1, -0.05) is 0 Å². The second-order valence-corrected chi connectivity index (χ2v) is 3.85. The number of nitro groups is 1. The van der Waals surface area contributed by atoms with Crippen LogP contribution in [0.2, 0.25) is 0 Å². The Balaban J connectivity index is 2.83. The van der Waals surface area contributed by atoms with E-state index >= 15 is 0 Å². The maximum atomic E-state index is 11.7. The number of rotatable bonds is 6. The van der Waals surface area contributed by atoms with Gasteiger partial charge in [-0.15, -0.1) is 0 Å². The van der Waals surface area contributed by atoms with E-state index in [-0.39, 0.29) is 35.7 Å². The lowest BCUT2D eigenvalue weighted by Crippen LogP contribution is -2.25. The standard InChI is InChI=1S/C12H14N2O5/c1-8(15)5-6-13-12(16)9-3-4-11(19-2)10(7-9)14(17)18/h3-4,7H,5-6H2,1-2H3,(H,13,16). The van der Waals surface area contributed by atoms with Crippen molar-refractivity contribution >= 4 is 17.4 Å². The average molecular weight is 266 g/mol. The first-order valence-electron chi connectivity index (χ1n) is 5.55. The molecule has 1 rings (SSSR count). The molecule has 1 amide bonds. The van der Waals surface area contributed by atoms with Crippen LogP contribution < -0.4 is 10.1 Å². The molecule has 0 saturated carbocycles. The summed E-state index contributed by atoms with van der Waals surface area (Å²) in [6, 6.07) is 3.93. The number of Topliss-reactive ketones (excluding diaryl/α,β-unsaturated/α-hetero) is 1. The fourth-order valence-corrected chi connectivity index (χ4v) is 1.43. The van der Waals surface area contributed by atoms with E-state index in [2.05, 4.69) is 5.32 Å². The van der Waals surface area contributed by atoms with E-state index in [1.54, 1.807) is 0 Å².